The smallest absolute Gasteiger partial charge is 0.132 e. The largest absolute Gasteiger partial charge is 0.457 e. The molecule has 2 heteroatoms. The standard InChI is InChI=1S/C56H63NO/c1-52(2)24-26-54(5,6)47-33-41(20-22-44(47)52)57(42-21-23-45-48(34-42)55(7,8)27-25-53(45,3)4)40-18-16-37(17-19-40)43-12-11-15-50-51(43)56(46-13-9-10-14-49(46)58-50)38-29-35-28-36(31-38)32-39(56)30-35/h9-23,33-36,38-39H,24-32H2,1-8H3. The Bertz CT molecular complexity index is 2350. The molecule has 1 aliphatic heterocycles. The summed E-state index contributed by atoms with van der Waals surface area (Å²) in [5, 5.41) is 0. The number of benzene rings is 5. The Morgan fingerprint density at radius 2 is 0.931 bits per heavy atom. The summed E-state index contributed by atoms with van der Waals surface area (Å²) < 4.78 is 6.89. The fourth-order valence-corrected chi connectivity index (χ4v) is 13.9. The van der Waals surface area contributed by atoms with Gasteiger partial charge in [0, 0.05) is 33.6 Å². The molecule has 12 rings (SSSR count). The maximum atomic E-state index is 6.89. The summed E-state index contributed by atoms with van der Waals surface area (Å²) in [6, 6.07) is 40.4. The first-order valence-electron chi connectivity index (χ1n) is 22.8. The maximum absolute atomic E-state index is 6.89. The number of nitrogens with zero attached hydrogens (tertiary/aromatic N) is 1. The molecule has 298 valence electrons. The van der Waals surface area contributed by atoms with E-state index in [0.717, 1.165) is 23.3 Å². The van der Waals surface area contributed by atoms with E-state index in [4.69, 9.17) is 4.74 Å². The molecule has 1 spiro atoms. The summed E-state index contributed by atoms with van der Waals surface area (Å²) in [5.74, 6) is 5.28. The van der Waals surface area contributed by atoms with Crippen LogP contribution in [0.3, 0.4) is 0 Å². The van der Waals surface area contributed by atoms with Gasteiger partial charge in [-0.1, -0.05) is 110 Å². The quantitative estimate of drug-likeness (QED) is 0.181. The van der Waals surface area contributed by atoms with E-state index in [-0.39, 0.29) is 27.1 Å². The highest BCUT2D eigenvalue weighted by molar-refractivity contribution is 5.82. The lowest BCUT2D eigenvalue weighted by Crippen LogP contribution is -2.57. The monoisotopic (exact) mass is 765 g/mol. The Morgan fingerprint density at radius 1 is 0.448 bits per heavy atom. The van der Waals surface area contributed by atoms with Crippen LogP contribution in [0.15, 0.2) is 103 Å². The fourth-order valence-electron chi connectivity index (χ4n) is 13.9. The van der Waals surface area contributed by atoms with Crippen molar-refractivity contribution in [2.75, 3.05) is 4.90 Å². The second-order valence-electron chi connectivity index (χ2n) is 22.3. The van der Waals surface area contributed by atoms with Gasteiger partial charge in [0.1, 0.15) is 11.5 Å². The van der Waals surface area contributed by atoms with Crippen LogP contribution in [0.25, 0.3) is 11.1 Å². The number of rotatable bonds is 4. The molecular weight excluding hydrogens is 703 g/mol. The Labute approximate surface area is 348 Å². The van der Waals surface area contributed by atoms with E-state index in [1.165, 1.54) is 119 Å². The molecule has 58 heavy (non-hydrogen) atoms. The molecule has 6 aliphatic carbocycles. The maximum Gasteiger partial charge on any atom is 0.132 e. The van der Waals surface area contributed by atoms with E-state index in [9.17, 15) is 0 Å². The first-order valence-corrected chi connectivity index (χ1v) is 22.8. The summed E-state index contributed by atoms with van der Waals surface area (Å²) >= 11 is 0. The Morgan fingerprint density at radius 3 is 1.48 bits per heavy atom. The van der Waals surface area contributed by atoms with Crippen molar-refractivity contribution in [2.24, 2.45) is 23.7 Å². The van der Waals surface area contributed by atoms with Crippen molar-refractivity contribution in [2.45, 2.75) is 140 Å². The van der Waals surface area contributed by atoms with Crippen LogP contribution in [-0.2, 0) is 27.1 Å². The highest BCUT2D eigenvalue weighted by Crippen LogP contribution is 2.70. The van der Waals surface area contributed by atoms with Gasteiger partial charge in [-0.3, -0.25) is 0 Å². The predicted octanol–water partition coefficient (Wildman–Crippen LogP) is 15.4. The van der Waals surface area contributed by atoms with Crippen LogP contribution in [0.1, 0.15) is 147 Å². The molecule has 4 saturated carbocycles. The van der Waals surface area contributed by atoms with Gasteiger partial charge in [-0.15, -0.1) is 0 Å². The van der Waals surface area contributed by atoms with Crippen molar-refractivity contribution in [3.05, 3.63) is 137 Å². The van der Waals surface area contributed by atoms with Crippen LogP contribution in [0, 0.1) is 23.7 Å². The molecule has 0 radical (unpaired) electrons. The average Bonchev–Trinajstić information content (AvgIpc) is 3.20. The Balaban J connectivity index is 1.07. The summed E-state index contributed by atoms with van der Waals surface area (Å²) in [4.78, 5) is 2.55. The van der Waals surface area contributed by atoms with Crippen LogP contribution in [-0.4, -0.2) is 0 Å². The molecule has 4 fully saturated rings. The topological polar surface area (TPSA) is 12.5 Å². The van der Waals surface area contributed by atoms with Gasteiger partial charge in [0.15, 0.2) is 0 Å². The molecule has 0 N–H and O–H groups in total. The van der Waals surface area contributed by atoms with Gasteiger partial charge >= 0.3 is 0 Å². The van der Waals surface area contributed by atoms with Crippen molar-refractivity contribution in [3.8, 4) is 22.6 Å². The third kappa shape index (κ3) is 5.28. The first kappa shape index (κ1) is 36.8. The molecule has 0 aromatic heterocycles. The zero-order valence-corrected chi connectivity index (χ0v) is 36.3. The zero-order valence-electron chi connectivity index (χ0n) is 36.3. The number of fused-ring (bicyclic) bond motifs is 4. The van der Waals surface area contributed by atoms with Crippen molar-refractivity contribution >= 4 is 17.1 Å². The van der Waals surface area contributed by atoms with Crippen LogP contribution >= 0.6 is 0 Å². The minimum absolute atomic E-state index is 0.00627. The van der Waals surface area contributed by atoms with Gasteiger partial charge in [0.25, 0.3) is 0 Å². The minimum Gasteiger partial charge on any atom is -0.457 e. The van der Waals surface area contributed by atoms with Gasteiger partial charge in [-0.05, 0) is 185 Å². The van der Waals surface area contributed by atoms with Gasteiger partial charge in [0.2, 0.25) is 0 Å². The second kappa shape index (κ2) is 12.4. The van der Waals surface area contributed by atoms with Gasteiger partial charge < -0.3 is 9.64 Å². The molecule has 2 nitrogen and oxygen atoms in total. The van der Waals surface area contributed by atoms with Crippen molar-refractivity contribution in [1.29, 1.82) is 0 Å². The summed E-state index contributed by atoms with van der Waals surface area (Å²) in [7, 11) is 0. The third-order valence-electron chi connectivity index (χ3n) is 17.0. The van der Waals surface area contributed by atoms with Crippen LogP contribution in [0.2, 0.25) is 0 Å². The molecule has 5 aromatic rings. The van der Waals surface area contributed by atoms with Gasteiger partial charge in [-0.2, -0.15) is 0 Å². The van der Waals surface area contributed by atoms with Crippen LogP contribution in [0.4, 0.5) is 17.1 Å². The average molecular weight is 766 g/mol. The number of ether oxygens (including phenoxy) is 1. The van der Waals surface area contributed by atoms with E-state index in [1.807, 2.05) is 0 Å². The van der Waals surface area contributed by atoms with Crippen LogP contribution in [0.5, 0.6) is 11.5 Å². The van der Waals surface area contributed by atoms with E-state index in [1.54, 1.807) is 0 Å². The highest BCUT2D eigenvalue weighted by atomic mass is 16.5. The van der Waals surface area contributed by atoms with Crippen molar-refractivity contribution in [3.63, 3.8) is 0 Å². The minimum atomic E-state index is 0.00627. The predicted molar refractivity (Wildman–Crippen MR) is 241 cm³/mol. The third-order valence-corrected chi connectivity index (χ3v) is 17.0. The number of para-hydroxylation sites is 1. The Hall–Kier alpha value is -4.30. The molecule has 0 unspecified atom stereocenters. The summed E-state index contributed by atoms with van der Waals surface area (Å²) in [5.41, 5.74) is 15.9. The summed E-state index contributed by atoms with van der Waals surface area (Å²) in [6.45, 7) is 19.5. The molecule has 1 heterocycles. The normalized spacial score (nSPS) is 28.5. The molecule has 7 aliphatic rings. The SMILES string of the molecule is CC1(C)CCC(C)(C)c2cc(N(c3ccc(-c4cccc5c4C4(c6ccccc6O5)C5CC6CC(C5)CC4C6)cc3)c3ccc4c(c3)C(C)(C)CCC4(C)C)ccc21. The lowest BCUT2D eigenvalue weighted by molar-refractivity contribution is -0.0449. The number of anilines is 3. The van der Waals surface area contributed by atoms with E-state index in [2.05, 4.69) is 163 Å². The zero-order chi connectivity index (χ0) is 40.0. The number of hydrogen-bond donors (Lipinski definition) is 0. The van der Waals surface area contributed by atoms with Crippen LogP contribution < -0.4 is 9.64 Å². The lowest BCUT2D eigenvalue weighted by Gasteiger charge is -2.63. The van der Waals surface area contributed by atoms with E-state index >= 15 is 0 Å². The number of hydrogen-bond acceptors (Lipinski definition) is 2. The van der Waals surface area contributed by atoms with E-state index < -0.39 is 0 Å². The lowest BCUT2D eigenvalue weighted by atomic mass is 9.41. The molecule has 0 saturated heterocycles. The van der Waals surface area contributed by atoms with E-state index in [0.29, 0.717) is 11.8 Å². The Kier molecular flexibility index (Phi) is 7.84. The van der Waals surface area contributed by atoms with Crippen molar-refractivity contribution in [1.82, 2.24) is 0 Å². The molecule has 0 atom stereocenters. The fraction of sp³-hybridized carbons (Fsp3) is 0.464. The summed E-state index contributed by atoms with van der Waals surface area (Å²) in [6.07, 6.45) is 11.7. The molecule has 5 aromatic carbocycles. The first-order chi connectivity index (χ1) is 27.7. The van der Waals surface area contributed by atoms with Gasteiger partial charge in [0.05, 0.1) is 0 Å². The van der Waals surface area contributed by atoms with Gasteiger partial charge in [-0.25, -0.2) is 0 Å². The second-order valence-corrected chi connectivity index (χ2v) is 22.3. The highest BCUT2D eigenvalue weighted by Gasteiger charge is 2.62. The van der Waals surface area contributed by atoms with Crippen molar-refractivity contribution < 1.29 is 4.74 Å². The molecule has 0 amide bonds. The molecule has 4 bridgehead atoms. The molecular formula is C56H63NO.